The molecule has 3 amide bonds. The molecule has 25 heavy (non-hydrogen) atoms. The second-order valence-electron chi connectivity index (χ2n) is 5.88. The zero-order valence-electron chi connectivity index (χ0n) is 12.6. The summed E-state index contributed by atoms with van der Waals surface area (Å²) in [4.78, 5) is 42.0. The quantitative estimate of drug-likeness (QED) is 0.413. The zero-order valence-corrected chi connectivity index (χ0v) is 13.4. The Balaban J connectivity index is 1.52. The summed E-state index contributed by atoms with van der Waals surface area (Å²) in [5.41, 5.74) is 1.14. The van der Waals surface area contributed by atoms with Crippen molar-refractivity contribution in [2.75, 3.05) is 11.9 Å². The second-order valence-corrected chi connectivity index (χ2v) is 7.16. The number of likely N-dealkylation sites (tertiary alicyclic amines) is 1. The molecule has 2 fully saturated rings. The van der Waals surface area contributed by atoms with Crippen LogP contribution in [0.1, 0.15) is 6.42 Å². The van der Waals surface area contributed by atoms with Crippen molar-refractivity contribution < 1.29 is 22.6 Å². The molecule has 2 aliphatic heterocycles. The maximum absolute atomic E-state index is 12.4. The normalized spacial score (nSPS) is 22.8. The number of imidazole rings is 1. The minimum Gasteiger partial charge on any atom is -0.310 e. The third-order valence-corrected chi connectivity index (χ3v) is 5.36. The van der Waals surface area contributed by atoms with Gasteiger partial charge in [0.15, 0.2) is 0 Å². The van der Waals surface area contributed by atoms with E-state index in [2.05, 4.69) is 15.3 Å². The van der Waals surface area contributed by atoms with Crippen molar-refractivity contribution >= 4 is 39.0 Å². The second kappa shape index (κ2) is 5.07. The molecule has 2 aromatic rings. The smallest absolute Gasteiger partial charge is 0.310 e. The first-order valence-electron chi connectivity index (χ1n) is 7.36. The third kappa shape index (κ3) is 2.37. The summed E-state index contributed by atoms with van der Waals surface area (Å²) in [5, 5.41) is 2.61. The van der Waals surface area contributed by atoms with Gasteiger partial charge in [-0.05, 0) is 24.6 Å². The van der Waals surface area contributed by atoms with E-state index >= 15 is 0 Å². The van der Waals surface area contributed by atoms with Gasteiger partial charge in [0, 0.05) is 12.2 Å². The highest BCUT2D eigenvalue weighted by atomic mass is 32.2. The van der Waals surface area contributed by atoms with Gasteiger partial charge in [0.25, 0.3) is 5.91 Å². The average molecular weight is 367 g/mol. The zero-order chi connectivity index (χ0) is 17.9. The van der Waals surface area contributed by atoms with E-state index in [-0.39, 0.29) is 18.7 Å². The van der Waals surface area contributed by atoms with E-state index in [1.165, 1.54) is 4.90 Å². The number of amides is 3. The molecule has 132 valence electrons. The Morgan fingerprint density at radius 3 is 2.68 bits per heavy atom. The molecular weight excluding hydrogens is 354 g/mol. The molecule has 3 heterocycles. The Bertz CT molecular complexity index is 1060. The molecule has 1 aromatic carbocycles. The van der Waals surface area contributed by atoms with Crippen LogP contribution in [0.5, 0.6) is 0 Å². The van der Waals surface area contributed by atoms with Crippen LogP contribution in [0.4, 0.5) is 10.5 Å². The van der Waals surface area contributed by atoms with Crippen molar-refractivity contribution in [3.05, 3.63) is 28.7 Å². The van der Waals surface area contributed by atoms with E-state index in [0.29, 0.717) is 21.0 Å². The number of carbonyl (C=O) groups is 2. The van der Waals surface area contributed by atoms with Gasteiger partial charge >= 0.3 is 22.0 Å². The number of anilines is 1. The minimum atomic E-state index is -4.61. The van der Waals surface area contributed by atoms with Gasteiger partial charge in [0.2, 0.25) is 0 Å². The number of carbonyl (C=O) groups excluding carboxylic acids is 2. The van der Waals surface area contributed by atoms with Crippen LogP contribution >= 0.6 is 0 Å². The summed E-state index contributed by atoms with van der Waals surface area (Å²) >= 11 is 0. The average Bonchev–Trinajstić information content (AvgIpc) is 3.04. The summed E-state index contributed by atoms with van der Waals surface area (Å²) in [6, 6.07) is 2.56. The Labute approximate surface area is 140 Å². The van der Waals surface area contributed by atoms with Gasteiger partial charge in [-0.1, -0.05) is 0 Å². The summed E-state index contributed by atoms with van der Waals surface area (Å²) in [7, 11) is -4.61. The first kappa shape index (κ1) is 15.7. The van der Waals surface area contributed by atoms with Crippen LogP contribution in [0.2, 0.25) is 0 Å². The SMILES string of the molecule is O=C(Nc1ccc2[nH]c(=O)[nH]c2c1)N1CC[C@@H]2[C@H]1C(=O)N2S(=O)(=O)O. The number of nitrogens with one attached hydrogen (secondary N) is 3. The van der Waals surface area contributed by atoms with E-state index in [4.69, 9.17) is 4.55 Å². The van der Waals surface area contributed by atoms with Gasteiger partial charge in [0.1, 0.15) is 6.04 Å². The van der Waals surface area contributed by atoms with Gasteiger partial charge in [-0.25, -0.2) is 13.9 Å². The molecule has 0 aliphatic carbocycles. The molecule has 2 aliphatic rings. The number of urea groups is 1. The maximum atomic E-state index is 12.4. The highest BCUT2D eigenvalue weighted by molar-refractivity contribution is 7.84. The van der Waals surface area contributed by atoms with Crippen molar-refractivity contribution in [2.24, 2.45) is 0 Å². The van der Waals surface area contributed by atoms with Crippen molar-refractivity contribution in [3.8, 4) is 0 Å². The summed E-state index contributed by atoms with van der Waals surface area (Å²) in [6.07, 6.45) is 0.258. The molecular formula is C13H13N5O6S. The molecule has 4 N–H and O–H groups in total. The molecule has 0 unspecified atom stereocenters. The number of aromatic amines is 2. The van der Waals surface area contributed by atoms with Crippen LogP contribution in [-0.2, 0) is 15.1 Å². The van der Waals surface area contributed by atoms with Gasteiger partial charge in [-0.15, -0.1) is 0 Å². The van der Waals surface area contributed by atoms with Gasteiger partial charge in [-0.3, -0.25) is 9.35 Å². The molecule has 0 spiro atoms. The van der Waals surface area contributed by atoms with E-state index < -0.39 is 34.3 Å². The number of aromatic nitrogens is 2. The van der Waals surface area contributed by atoms with Crippen LogP contribution in [0.25, 0.3) is 11.0 Å². The van der Waals surface area contributed by atoms with E-state index in [1.54, 1.807) is 18.2 Å². The predicted octanol–water partition coefficient (Wildman–Crippen LogP) is -0.524. The summed E-state index contributed by atoms with van der Waals surface area (Å²) in [5.74, 6) is -0.828. The lowest BCUT2D eigenvalue weighted by Gasteiger charge is -2.42. The third-order valence-electron chi connectivity index (χ3n) is 4.41. The Morgan fingerprint density at radius 1 is 1.24 bits per heavy atom. The molecule has 4 rings (SSSR count). The fraction of sp³-hybridized carbons (Fsp3) is 0.308. The molecule has 0 radical (unpaired) electrons. The number of β-lactam (4-membered cyclic amide) rings is 1. The fourth-order valence-electron chi connectivity index (χ4n) is 3.35. The number of benzene rings is 1. The molecule has 11 nitrogen and oxygen atoms in total. The number of hydrogen-bond acceptors (Lipinski definition) is 5. The monoisotopic (exact) mass is 367 g/mol. The van der Waals surface area contributed by atoms with E-state index in [9.17, 15) is 22.8 Å². The standard InChI is InChI=1S/C13H13N5O6S/c19-11-10-9(18(11)25(22,23)24)3-4-17(10)13(21)14-6-1-2-7-8(5-6)16-12(20)15-7/h1-2,5,9-10H,3-4H2,(H,14,21)(H2,15,16,20)(H,22,23,24)/t9-,10+/m1/s1. The van der Waals surface area contributed by atoms with Gasteiger partial charge in [-0.2, -0.15) is 8.42 Å². The molecule has 0 bridgehead atoms. The molecule has 0 saturated carbocycles. The lowest BCUT2D eigenvalue weighted by molar-refractivity contribution is -0.143. The summed E-state index contributed by atoms with van der Waals surface area (Å²) in [6.45, 7) is 0.183. The van der Waals surface area contributed by atoms with Crippen molar-refractivity contribution in [3.63, 3.8) is 0 Å². The number of rotatable bonds is 2. The van der Waals surface area contributed by atoms with Crippen LogP contribution in [-0.4, -0.2) is 62.7 Å². The maximum Gasteiger partial charge on any atom is 0.362 e. The number of hydrogen-bond donors (Lipinski definition) is 4. The minimum absolute atomic E-state index is 0.183. The largest absolute Gasteiger partial charge is 0.362 e. The molecule has 2 saturated heterocycles. The Kier molecular flexibility index (Phi) is 3.17. The predicted molar refractivity (Wildman–Crippen MR) is 85.2 cm³/mol. The van der Waals surface area contributed by atoms with Gasteiger partial charge < -0.3 is 20.2 Å². The van der Waals surface area contributed by atoms with Crippen LogP contribution < -0.4 is 11.0 Å². The van der Waals surface area contributed by atoms with Gasteiger partial charge in [0.05, 0.1) is 17.1 Å². The highest BCUT2D eigenvalue weighted by Crippen LogP contribution is 2.35. The van der Waals surface area contributed by atoms with Crippen LogP contribution in [0, 0.1) is 0 Å². The lowest BCUT2D eigenvalue weighted by atomic mass is 10.0. The first-order valence-corrected chi connectivity index (χ1v) is 8.76. The first-order chi connectivity index (χ1) is 11.8. The number of fused-ring (bicyclic) bond motifs is 2. The number of nitrogens with zero attached hydrogens (tertiary/aromatic N) is 2. The lowest BCUT2D eigenvalue weighted by Crippen LogP contribution is -2.68. The van der Waals surface area contributed by atoms with Crippen molar-refractivity contribution in [1.29, 1.82) is 0 Å². The van der Waals surface area contributed by atoms with Crippen molar-refractivity contribution in [2.45, 2.75) is 18.5 Å². The highest BCUT2D eigenvalue weighted by Gasteiger charge is 2.60. The van der Waals surface area contributed by atoms with E-state index in [1.807, 2.05) is 0 Å². The molecule has 12 heteroatoms. The molecule has 1 aromatic heterocycles. The van der Waals surface area contributed by atoms with Crippen LogP contribution in [0.3, 0.4) is 0 Å². The number of H-pyrrole nitrogens is 2. The summed E-state index contributed by atoms with van der Waals surface area (Å²) < 4.78 is 31.8. The topological polar surface area (TPSA) is 156 Å². The van der Waals surface area contributed by atoms with Crippen LogP contribution in [0.15, 0.2) is 23.0 Å². The van der Waals surface area contributed by atoms with Crippen molar-refractivity contribution in [1.82, 2.24) is 19.2 Å². The fourth-order valence-corrected chi connectivity index (χ4v) is 4.25. The Morgan fingerprint density at radius 2 is 1.96 bits per heavy atom. The molecule has 2 atom stereocenters. The van der Waals surface area contributed by atoms with E-state index in [0.717, 1.165) is 0 Å². The Hall–Kier alpha value is -2.86.